The van der Waals surface area contributed by atoms with Gasteiger partial charge in [-0.1, -0.05) is 55.7 Å². The van der Waals surface area contributed by atoms with Gasteiger partial charge in [0.1, 0.15) is 46.4 Å². The molecule has 5 aliphatic heterocycles. The third-order valence-electron chi connectivity index (χ3n) is 17.0. The lowest BCUT2D eigenvalue weighted by Crippen LogP contribution is -2.41. The second-order valence-electron chi connectivity index (χ2n) is 23.8. The number of nitrogens with two attached hydrogens (primary N) is 3. The van der Waals surface area contributed by atoms with Crippen molar-refractivity contribution in [1.82, 2.24) is 28.9 Å². The van der Waals surface area contributed by atoms with Crippen LogP contribution in [0.3, 0.4) is 0 Å². The predicted molar refractivity (Wildman–Crippen MR) is 346 cm³/mol. The summed E-state index contributed by atoms with van der Waals surface area (Å²) in [4.78, 5) is 39.1. The van der Waals surface area contributed by atoms with Crippen molar-refractivity contribution in [1.29, 1.82) is 0 Å². The van der Waals surface area contributed by atoms with Crippen molar-refractivity contribution in [3.05, 3.63) is 184 Å². The van der Waals surface area contributed by atoms with Gasteiger partial charge >= 0.3 is 0 Å². The molecule has 0 spiro atoms. The van der Waals surface area contributed by atoms with E-state index in [2.05, 4.69) is 23.2 Å². The Morgan fingerprint density at radius 2 is 0.835 bits per heavy atom. The van der Waals surface area contributed by atoms with Gasteiger partial charge in [-0.2, -0.15) is 0 Å². The third kappa shape index (κ3) is 15.3. The van der Waals surface area contributed by atoms with E-state index in [0.717, 1.165) is 37.1 Å². The molecule has 3 fully saturated rings. The Morgan fingerprint density at radius 1 is 0.473 bits per heavy atom. The van der Waals surface area contributed by atoms with Gasteiger partial charge in [0.15, 0.2) is 0 Å². The topological polar surface area (TPSA) is 322 Å². The molecule has 91 heavy (non-hydrogen) atoms. The van der Waals surface area contributed by atoms with Crippen LogP contribution in [0.5, 0.6) is 17.2 Å². The minimum absolute atomic E-state index is 0.0261. The van der Waals surface area contributed by atoms with Crippen LogP contribution in [0, 0.1) is 31.6 Å². The van der Waals surface area contributed by atoms with Gasteiger partial charge in [0, 0.05) is 85.3 Å². The number of rotatable bonds is 13. The van der Waals surface area contributed by atoms with Gasteiger partial charge in [0.2, 0.25) is 0 Å². The lowest BCUT2D eigenvalue weighted by molar-refractivity contribution is 0.0626. The molecule has 4 aromatic heterocycles. The lowest BCUT2D eigenvalue weighted by atomic mass is 9.90. The van der Waals surface area contributed by atoms with Crippen molar-refractivity contribution < 1.29 is 49.1 Å². The zero-order chi connectivity index (χ0) is 64.0. The highest BCUT2D eigenvalue weighted by Gasteiger charge is 2.32. The number of hydrogen-bond donors (Lipinski definition) is 3. The number of likely N-dealkylation sites (tertiary alicyclic amines) is 2. The number of hydrogen-bond acceptors (Lipinski definition) is 16. The number of ether oxygens (including phenoxy) is 3. The first kappa shape index (κ1) is 63.7. The van der Waals surface area contributed by atoms with Crippen LogP contribution in [0.15, 0.2) is 141 Å². The van der Waals surface area contributed by atoms with Gasteiger partial charge in [-0.25, -0.2) is 35.2 Å². The van der Waals surface area contributed by atoms with Crippen molar-refractivity contribution in [3.63, 3.8) is 0 Å². The van der Waals surface area contributed by atoms with Crippen LogP contribution < -0.4 is 31.4 Å². The van der Waals surface area contributed by atoms with E-state index in [4.69, 9.17) is 31.4 Å². The minimum Gasteiger partial charge on any atom is -0.493 e. The first-order valence-electron chi connectivity index (χ1n) is 30.5. The van der Waals surface area contributed by atoms with Crippen molar-refractivity contribution in [2.24, 2.45) is 48.1 Å². The molecule has 13 rings (SSSR count). The molecule has 9 heterocycles. The van der Waals surface area contributed by atoms with Gasteiger partial charge in [-0.3, -0.25) is 9.59 Å². The molecular weight excluding hydrogens is 1220 g/mol. The number of fused-ring (bicyclic) bond motifs is 3. The molecule has 0 bridgehead atoms. The number of nitrogens with zero attached hydrogens (tertiary/aromatic N) is 9. The van der Waals surface area contributed by atoms with Gasteiger partial charge in [0.05, 0.1) is 53.8 Å². The van der Waals surface area contributed by atoms with Crippen LogP contribution in [0.2, 0.25) is 0 Å². The van der Waals surface area contributed by atoms with Crippen LogP contribution in [0.1, 0.15) is 123 Å². The van der Waals surface area contributed by atoms with Gasteiger partial charge < -0.3 is 50.3 Å². The third-order valence-corrected chi connectivity index (χ3v) is 20.4. The fourth-order valence-electron chi connectivity index (χ4n) is 12.5. The molecule has 2 saturated heterocycles. The summed E-state index contributed by atoms with van der Waals surface area (Å²) in [5.74, 6) is 3.37. The number of benzene rings is 3. The summed E-state index contributed by atoms with van der Waals surface area (Å²) in [5.41, 5.74) is 24.6. The zero-order valence-corrected chi connectivity index (χ0v) is 53.2. The second-order valence-corrected chi connectivity index (χ2v) is 28.7. The Bertz CT molecular complexity index is 4110. The van der Waals surface area contributed by atoms with Crippen LogP contribution in [-0.4, -0.2) is 129 Å². The van der Waals surface area contributed by atoms with Crippen LogP contribution in [-0.2, 0) is 47.3 Å². The van der Waals surface area contributed by atoms with Gasteiger partial charge in [-0.15, -0.1) is 13.2 Å². The number of amidine groups is 3. The summed E-state index contributed by atoms with van der Waals surface area (Å²) in [6, 6.07) is 30.9. The van der Waals surface area contributed by atoms with E-state index in [1.165, 1.54) is 32.1 Å². The van der Waals surface area contributed by atoms with Crippen LogP contribution in [0.25, 0.3) is 11.6 Å². The number of carbonyl (C=O) groups excluding carboxylic acids is 2. The van der Waals surface area contributed by atoms with Crippen molar-refractivity contribution in [3.8, 4) is 28.9 Å². The molecule has 0 unspecified atom stereocenters. The Balaban J connectivity index is 0.000000145. The zero-order valence-electron chi connectivity index (χ0n) is 50.8. The smallest absolute Gasteiger partial charge is 0.259 e. The number of piperidine rings is 2. The highest BCUT2D eigenvalue weighted by Crippen LogP contribution is 2.34. The molecule has 478 valence electrons. The van der Waals surface area contributed by atoms with E-state index in [9.17, 15) is 34.8 Å². The van der Waals surface area contributed by atoms with E-state index in [-0.39, 0.29) is 58.4 Å². The predicted octanol–water partition coefficient (Wildman–Crippen LogP) is 7.52. The molecule has 6 N–H and O–H groups in total. The summed E-state index contributed by atoms with van der Waals surface area (Å²) in [7, 11) is -10.7. The van der Waals surface area contributed by atoms with Crippen LogP contribution in [0.4, 0.5) is 0 Å². The number of amides is 2. The number of carbonyl (C=O) groups is 2. The van der Waals surface area contributed by atoms with E-state index in [0.29, 0.717) is 125 Å². The van der Waals surface area contributed by atoms with E-state index >= 15 is 0 Å². The summed E-state index contributed by atoms with van der Waals surface area (Å²) < 4.78 is 104. The van der Waals surface area contributed by atoms with E-state index in [1.54, 1.807) is 67.0 Å². The molecule has 26 heteroatoms. The first-order valence-corrected chi connectivity index (χ1v) is 35.3. The summed E-state index contributed by atoms with van der Waals surface area (Å²) in [6.45, 7) is 7.96. The van der Waals surface area contributed by atoms with Crippen molar-refractivity contribution in [2.75, 3.05) is 46.0 Å². The summed E-state index contributed by atoms with van der Waals surface area (Å²) in [5, 5.41) is 0. The molecule has 2 amide bonds. The van der Waals surface area contributed by atoms with Crippen molar-refractivity contribution in [2.45, 2.75) is 88.9 Å². The van der Waals surface area contributed by atoms with E-state index in [1.807, 2.05) is 93.7 Å². The van der Waals surface area contributed by atoms with Crippen LogP contribution >= 0.6 is 0 Å². The molecular formula is C65H74N12O11S3. The maximum atomic E-state index is 13.3. The van der Waals surface area contributed by atoms with Gasteiger partial charge in [-0.05, 0) is 142 Å². The SMILES string of the molecule is Cc1cccn1-c1cc(C(=O)N2CCC[C@H](COc3cccc4c3C(N)=NS(=O)(=O)C4)C2)ccn1.Cc1cccn1-c1cc(C(=O)N2CCC[C@H](COc3cccc4c3C(N)=NS(=O)(=O)C4)C2)ccn1.NC1=NS(=O)(=O)Cc2cccc(OCC3CCCCC3)c21. The molecule has 6 aliphatic rings. The Hall–Kier alpha value is -8.88. The molecule has 23 nitrogen and oxygen atoms in total. The summed E-state index contributed by atoms with van der Waals surface area (Å²) >= 11 is 0. The maximum absolute atomic E-state index is 13.3. The molecule has 0 radical (unpaired) electrons. The Kier molecular flexibility index (Phi) is 19.1. The quantitative estimate of drug-likeness (QED) is 0.100. The lowest BCUT2D eigenvalue weighted by Gasteiger charge is -2.33. The molecule has 2 atom stereocenters. The minimum atomic E-state index is -3.60. The number of aromatic nitrogens is 4. The Labute approximate surface area is 530 Å². The first-order chi connectivity index (χ1) is 43.7. The molecule has 7 aromatic rings. The standard InChI is InChI=1S/2C25H27N5O4S.C15H20N2O3S/c2*1-17-5-3-12-30(17)22-13-19(9-10-27-22)25(31)29-11-4-6-18(14-29)15-34-21-8-2-7-20-16-35(32,33)28-24(26)23(20)21;16-15-14-12(10-21(18,19)17-15)7-4-8-13(14)20-9-11-5-2-1-3-6-11/h2*2-3,5,7-10,12-13,18H,4,6,11,14-16H2,1H3,(H2,26,28);4,7-8,11H,1-3,5-6,9-10H2,(H2,16,17)/t2*18-;/m00./s1. The summed E-state index contributed by atoms with van der Waals surface area (Å²) in [6.07, 6.45) is 17.0. The molecule has 1 aliphatic carbocycles. The monoisotopic (exact) mass is 1290 g/mol. The number of sulfonamides is 3. The molecule has 3 aromatic carbocycles. The maximum Gasteiger partial charge on any atom is 0.259 e. The van der Waals surface area contributed by atoms with Crippen molar-refractivity contribution >= 4 is 59.4 Å². The normalized spacial score (nSPS) is 19.6. The van der Waals surface area contributed by atoms with Gasteiger partial charge in [0.25, 0.3) is 41.9 Å². The molecule has 1 saturated carbocycles. The fourth-order valence-corrected chi connectivity index (χ4v) is 15.8. The second kappa shape index (κ2) is 27.3. The fraction of sp³-hybridized carbons (Fsp3) is 0.369. The highest BCUT2D eigenvalue weighted by molar-refractivity contribution is 7.90. The Morgan fingerprint density at radius 3 is 1.20 bits per heavy atom. The average Bonchev–Trinajstić information content (AvgIpc) is 2.00. The average molecular weight is 1300 g/mol. The highest BCUT2D eigenvalue weighted by atomic mass is 32.2. The number of pyridine rings is 2. The van der Waals surface area contributed by atoms with E-state index < -0.39 is 30.1 Å². The number of aryl methyl sites for hydroxylation is 2. The largest absolute Gasteiger partial charge is 0.493 e.